The van der Waals surface area contributed by atoms with Gasteiger partial charge in [-0.3, -0.25) is 0 Å². The van der Waals surface area contributed by atoms with Gasteiger partial charge in [-0.25, -0.2) is 4.79 Å². The number of carbonyl (C=O) groups is 1. The van der Waals surface area contributed by atoms with E-state index >= 15 is 0 Å². The fraction of sp³-hybridized carbons (Fsp3) is 0.300. The summed E-state index contributed by atoms with van der Waals surface area (Å²) >= 11 is 0. The molecule has 0 unspecified atom stereocenters. The predicted molar refractivity (Wildman–Crippen MR) is 53.6 cm³/mol. The Morgan fingerprint density at radius 1 is 1.57 bits per heavy atom. The third-order valence-electron chi connectivity index (χ3n) is 1.72. The Balaban J connectivity index is 2.72. The average Bonchev–Trinajstić information content (AvgIpc) is 2.18. The first-order chi connectivity index (χ1) is 6.63. The highest BCUT2D eigenvalue weighted by molar-refractivity contribution is 5.77. The van der Waals surface area contributed by atoms with Gasteiger partial charge in [0.2, 0.25) is 0 Å². The lowest BCUT2D eigenvalue weighted by Crippen LogP contribution is -2.30. The zero-order valence-corrected chi connectivity index (χ0v) is 8.07. The Morgan fingerprint density at radius 3 is 2.86 bits per heavy atom. The van der Waals surface area contributed by atoms with Gasteiger partial charge in [-0.05, 0) is 24.6 Å². The molecule has 0 aliphatic carbocycles. The number of rotatable bonds is 3. The first-order valence-corrected chi connectivity index (χ1v) is 4.39. The highest BCUT2D eigenvalue weighted by Gasteiger charge is 2.09. The van der Waals surface area contributed by atoms with Crippen molar-refractivity contribution in [2.75, 3.05) is 0 Å². The summed E-state index contributed by atoms with van der Waals surface area (Å²) in [6.45, 7) is 2.00. The molecule has 76 valence electrons. The van der Waals surface area contributed by atoms with Crippen molar-refractivity contribution in [2.45, 2.75) is 19.5 Å². The van der Waals surface area contributed by atoms with Crippen LogP contribution in [0.5, 0.6) is 5.75 Å². The van der Waals surface area contributed by atoms with Crippen LogP contribution in [0.4, 0.5) is 0 Å². The third kappa shape index (κ3) is 2.83. The molecule has 1 aromatic rings. The van der Waals surface area contributed by atoms with E-state index in [4.69, 9.17) is 16.2 Å². The molecule has 0 amide bonds. The van der Waals surface area contributed by atoms with Crippen molar-refractivity contribution in [3.8, 4) is 5.75 Å². The van der Waals surface area contributed by atoms with E-state index in [1.54, 1.807) is 25.1 Å². The molecule has 1 aromatic carbocycles. The van der Waals surface area contributed by atoms with Crippen molar-refractivity contribution >= 4 is 5.97 Å². The summed E-state index contributed by atoms with van der Waals surface area (Å²) < 4.78 is 5.00. The number of hydrogen-bond donors (Lipinski definition) is 2. The van der Waals surface area contributed by atoms with Crippen LogP contribution < -0.4 is 16.2 Å². The number of benzene rings is 1. The smallest absolute Gasteiger partial charge is 0.328 e. The Labute approximate surface area is 82.8 Å². The molecule has 1 rings (SSSR count). The molecule has 0 spiro atoms. The Morgan fingerprint density at radius 2 is 2.29 bits per heavy atom. The van der Waals surface area contributed by atoms with Crippen LogP contribution >= 0.6 is 0 Å². The standard InChI is InChI=1S/C10H14N2O2/c1-7(12)10(13)14-9-4-2-3-8(5-9)6-11/h2-5,7H,6,11-12H2,1H3/t7-/m0/s1. The molecule has 4 nitrogen and oxygen atoms in total. The Kier molecular flexibility index (Phi) is 3.62. The van der Waals surface area contributed by atoms with E-state index in [1.807, 2.05) is 6.07 Å². The number of hydrogen-bond acceptors (Lipinski definition) is 4. The Bertz CT molecular complexity index is 324. The molecule has 0 fully saturated rings. The van der Waals surface area contributed by atoms with E-state index in [-0.39, 0.29) is 0 Å². The number of ether oxygens (including phenoxy) is 1. The lowest BCUT2D eigenvalue weighted by molar-refractivity contribution is -0.135. The highest BCUT2D eigenvalue weighted by Crippen LogP contribution is 2.13. The maximum atomic E-state index is 11.1. The second-order valence-electron chi connectivity index (χ2n) is 3.06. The van der Waals surface area contributed by atoms with Crippen LogP contribution in [-0.4, -0.2) is 12.0 Å². The van der Waals surface area contributed by atoms with Crippen LogP contribution in [0.3, 0.4) is 0 Å². The molecular weight excluding hydrogens is 180 g/mol. The van der Waals surface area contributed by atoms with Crippen molar-refractivity contribution in [1.29, 1.82) is 0 Å². The van der Waals surface area contributed by atoms with E-state index in [9.17, 15) is 4.79 Å². The summed E-state index contributed by atoms with van der Waals surface area (Å²) in [6, 6.07) is 6.45. The SMILES string of the molecule is C[C@H](N)C(=O)Oc1cccc(CN)c1. The quantitative estimate of drug-likeness (QED) is 0.539. The first kappa shape index (κ1) is 10.7. The number of nitrogens with two attached hydrogens (primary N) is 2. The fourth-order valence-corrected chi connectivity index (χ4v) is 0.945. The van der Waals surface area contributed by atoms with Crippen LogP contribution in [0, 0.1) is 0 Å². The molecule has 4 heteroatoms. The van der Waals surface area contributed by atoms with Crippen LogP contribution in [0.15, 0.2) is 24.3 Å². The fourth-order valence-electron chi connectivity index (χ4n) is 0.945. The van der Waals surface area contributed by atoms with Gasteiger partial charge in [0, 0.05) is 6.54 Å². The van der Waals surface area contributed by atoms with Gasteiger partial charge in [-0.2, -0.15) is 0 Å². The number of carbonyl (C=O) groups excluding carboxylic acids is 1. The van der Waals surface area contributed by atoms with Gasteiger partial charge in [-0.1, -0.05) is 12.1 Å². The van der Waals surface area contributed by atoms with E-state index in [0.29, 0.717) is 12.3 Å². The van der Waals surface area contributed by atoms with Crippen LogP contribution in [-0.2, 0) is 11.3 Å². The molecule has 0 aliphatic heterocycles. The predicted octanol–water partition coefficient (Wildman–Crippen LogP) is 0.398. The monoisotopic (exact) mass is 194 g/mol. The molecular formula is C10H14N2O2. The van der Waals surface area contributed by atoms with E-state index < -0.39 is 12.0 Å². The number of esters is 1. The molecule has 0 heterocycles. The van der Waals surface area contributed by atoms with E-state index in [1.165, 1.54) is 0 Å². The molecule has 0 bridgehead atoms. The average molecular weight is 194 g/mol. The molecule has 0 radical (unpaired) electrons. The van der Waals surface area contributed by atoms with Crippen molar-refractivity contribution in [2.24, 2.45) is 11.5 Å². The lowest BCUT2D eigenvalue weighted by atomic mass is 10.2. The second-order valence-corrected chi connectivity index (χ2v) is 3.06. The minimum Gasteiger partial charge on any atom is -0.425 e. The van der Waals surface area contributed by atoms with Crippen molar-refractivity contribution in [1.82, 2.24) is 0 Å². The van der Waals surface area contributed by atoms with Crippen LogP contribution in [0.1, 0.15) is 12.5 Å². The van der Waals surface area contributed by atoms with Gasteiger partial charge in [0.05, 0.1) is 0 Å². The summed E-state index contributed by atoms with van der Waals surface area (Å²) in [4.78, 5) is 11.1. The zero-order chi connectivity index (χ0) is 10.6. The van der Waals surface area contributed by atoms with E-state index in [2.05, 4.69) is 0 Å². The zero-order valence-electron chi connectivity index (χ0n) is 8.07. The lowest BCUT2D eigenvalue weighted by Gasteiger charge is -2.07. The minimum absolute atomic E-state index is 0.420. The maximum Gasteiger partial charge on any atom is 0.328 e. The summed E-state index contributed by atoms with van der Waals surface area (Å²) in [5, 5.41) is 0. The second kappa shape index (κ2) is 4.74. The molecule has 0 aliphatic rings. The van der Waals surface area contributed by atoms with E-state index in [0.717, 1.165) is 5.56 Å². The summed E-state index contributed by atoms with van der Waals surface area (Å²) in [5.41, 5.74) is 11.7. The molecule has 14 heavy (non-hydrogen) atoms. The molecule has 1 atom stereocenters. The van der Waals surface area contributed by atoms with Gasteiger partial charge >= 0.3 is 5.97 Å². The van der Waals surface area contributed by atoms with Crippen LogP contribution in [0.25, 0.3) is 0 Å². The minimum atomic E-state index is -0.614. The molecule has 4 N–H and O–H groups in total. The highest BCUT2D eigenvalue weighted by atomic mass is 16.5. The van der Waals surface area contributed by atoms with Crippen molar-refractivity contribution in [3.63, 3.8) is 0 Å². The van der Waals surface area contributed by atoms with Crippen molar-refractivity contribution in [3.05, 3.63) is 29.8 Å². The van der Waals surface area contributed by atoms with Gasteiger partial charge in [-0.15, -0.1) is 0 Å². The first-order valence-electron chi connectivity index (χ1n) is 4.39. The van der Waals surface area contributed by atoms with Gasteiger partial charge in [0.15, 0.2) is 0 Å². The maximum absolute atomic E-state index is 11.1. The van der Waals surface area contributed by atoms with Crippen LogP contribution in [0.2, 0.25) is 0 Å². The molecule has 0 saturated carbocycles. The Hall–Kier alpha value is -1.39. The van der Waals surface area contributed by atoms with Gasteiger partial charge < -0.3 is 16.2 Å². The molecule has 0 aromatic heterocycles. The third-order valence-corrected chi connectivity index (χ3v) is 1.72. The summed E-state index contributed by atoms with van der Waals surface area (Å²) in [5.74, 6) is 0.0365. The molecule has 0 saturated heterocycles. The van der Waals surface area contributed by atoms with Crippen molar-refractivity contribution < 1.29 is 9.53 Å². The normalized spacial score (nSPS) is 12.2. The van der Waals surface area contributed by atoms with Gasteiger partial charge in [0.25, 0.3) is 0 Å². The largest absolute Gasteiger partial charge is 0.425 e. The topological polar surface area (TPSA) is 78.3 Å². The summed E-state index contributed by atoms with van der Waals surface area (Å²) in [7, 11) is 0. The summed E-state index contributed by atoms with van der Waals surface area (Å²) in [6.07, 6.45) is 0. The van der Waals surface area contributed by atoms with Gasteiger partial charge in [0.1, 0.15) is 11.8 Å².